The number of hydrogen-bond donors (Lipinski definition) is 5. The topological polar surface area (TPSA) is 187 Å². The predicted octanol–water partition coefficient (Wildman–Crippen LogP) is 2.92. The first-order valence-corrected chi connectivity index (χ1v) is 16.3. The number of ether oxygens (including phenoxy) is 1. The van der Waals surface area contributed by atoms with Crippen LogP contribution in [0.25, 0.3) is 5.69 Å². The molecule has 1 unspecified atom stereocenters. The van der Waals surface area contributed by atoms with Crippen molar-refractivity contribution in [2.75, 3.05) is 31.5 Å². The van der Waals surface area contributed by atoms with E-state index in [9.17, 15) is 24.0 Å². The van der Waals surface area contributed by atoms with Crippen LogP contribution in [-0.2, 0) is 16.0 Å². The largest absolute Gasteiger partial charge is 0.465 e. The number of hydrogen-bond acceptors (Lipinski definition) is 8. The third-order valence-corrected chi connectivity index (χ3v) is 8.28. The van der Waals surface area contributed by atoms with E-state index in [1.165, 1.54) is 28.2 Å². The van der Waals surface area contributed by atoms with Gasteiger partial charge in [0.25, 0.3) is 0 Å². The zero-order valence-electron chi connectivity index (χ0n) is 28.5. The van der Waals surface area contributed by atoms with Crippen LogP contribution in [0.2, 0.25) is 0 Å². The normalized spacial score (nSPS) is 19.0. The van der Waals surface area contributed by atoms with Crippen LogP contribution in [0.4, 0.5) is 20.2 Å². The molecule has 1 aliphatic carbocycles. The molecule has 2 fully saturated rings. The SMILES string of the molecule is CC(Cc1ccc(-n2ccc(NC(=O)N3CCN(C(=O)C(C)(C)NC(=O)O)CC3)nc2=O)cc1)N[C@H]1CC[C@@H](NC(=O)OC(C)(C)C)C1. The number of aromatic nitrogens is 2. The van der Waals surface area contributed by atoms with Gasteiger partial charge in [-0.3, -0.25) is 14.7 Å². The summed E-state index contributed by atoms with van der Waals surface area (Å²) in [5.41, 5.74) is -0.612. The van der Waals surface area contributed by atoms with Crippen LogP contribution in [0.1, 0.15) is 66.4 Å². The molecule has 0 bridgehead atoms. The first kappa shape index (κ1) is 36.2. The number of urea groups is 1. The lowest BCUT2D eigenvalue weighted by Gasteiger charge is -2.38. The van der Waals surface area contributed by atoms with E-state index >= 15 is 0 Å². The summed E-state index contributed by atoms with van der Waals surface area (Å²) >= 11 is 0. The van der Waals surface area contributed by atoms with E-state index in [0.29, 0.717) is 11.7 Å². The highest BCUT2D eigenvalue weighted by Gasteiger charge is 2.36. The molecule has 2 aromatic rings. The Labute approximate surface area is 280 Å². The molecule has 1 saturated heterocycles. The highest BCUT2D eigenvalue weighted by Crippen LogP contribution is 2.21. The molecule has 262 valence electrons. The number of rotatable bonds is 9. The highest BCUT2D eigenvalue weighted by atomic mass is 16.6. The fourth-order valence-corrected chi connectivity index (χ4v) is 6.03. The van der Waals surface area contributed by atoms with Crippen molar-refractivity contribution in [1.29, 1.82) is 0 Å². The molecule has 15 heteroatoms. The molecule has 1 aliphatic heterocycles. The molecular weight excluding hydrogens is 620 g/mol. The number of nitrogens with one attached hydrogen (secondary N) is 4. The van der Waals surface area contributed by atoms with Crippen LogP contribution in [-0.4, -0.2) is 104 Å². The Morgan fingerprint density at radius 2 is 1.58 bits per heavy atom. The molecule has 4 rings (SSSR count). The summed E-state index contributed by atoms with van der Waals surface area (Å²) in [4.78, 5) is 68.6. The quantitative estimate of drug-likeness (QED) is 0.268. The Kier molecular flexibility index (Phi) is 11.3. The van der Waals surface area contributed by atoms with Crippen molar-refractivity contribution in [2.45, 2.75) is 96.5 Å². The molecule has 48 heavy (non-hydrogen) atoms. The summed E-state index contributed by atoms with van der Waals surface area (Å²) in [5, 5.41) is 20.5. The number of alkyl carbamates (subject to hydrolysis) is 1. The summed E-state index contributed by atoms with van der Waals surface area (Å²) < 4.78 is 6.77. The van der Waals surface area contributed by atoms with Crippen molar-refractivity contribution < 1.29 is 29.0 Å². The van der Waals surface area contributed by atoms with Gasteiger partial charge in [0, 0.05) is 50.5 Å². The van der Waals surface area contributed by atoms with Gasteiger partial charge in [-0.05, 0) is 91.0 Å². The summed E-state index contributed by atoms with van der Waals surface area (Å²) in [6, 6.07) is 9.35. The van der Waals surface area contributed by atoms with E-state index in [0.717, 1.165) is 31.2 Å². The molecule has 2 heterocycles. The Hall–Kier alpha value is -4.66. The Balaban J connectivity index is 1.24. The molecule has 3 atom stereocenters. The molecule has 0 spiro atoms. The van der Waals surface area contributed by atoms with Crippen LogP contribution >= 0.6 is 0 Å². The van der Waals surface area contributed by atoms with Crippen LogP contribution < -0.4 is 27.0 Å². The van der Waals surface area contributed by atoms with Crippen molar-refractivity contribution >= 4 is 29.9 Å². The van der Waals surface area contributed by atoms with Gasteiger partial charge in [-0.1, -0.05) is 12.1 Å². The van der Waals surface area contributed by atoms with Gasteiger partial charge >= 0.3 is 23.9 Å². The summed E-state index contributed by atoms with van der Waals surface area (Å²) in [5.74, 6) is -0.263. The average Bonchev–Trinajstić information content (AvgIpc) is 3.41. The second kappa shape index (κ2) is 15.0. The van der Waals surface area contributed by atoms with Crippen LogP contribution in [0.3, 0.4) is 0 Å². The molecule has 5 amide bonds. The van der Waals surface area contributed by atoms with Crippen molar-refractivity contribution in [1.82, 2.24) is 35.3 Å². The van der Waals surface area contributed by atoms with Gasteiger partial charge in [0.05, 0.1) is 5.69 Å². The number of carboxylic acid groups (broad SMARTS) is 1. The molecule has 0 radical (unpaired) electrons. The zero-order valence-corrected chi connectivity index (χ0v) is 28.5. The van der Waals surface area contributed by atoms with Gasteiger partial charge in [-0.25, -0.2) is 19.2 Å². The average molecular weight is 669 g/mol. The summed E-state index contributed by atoms with van der Waals surface area (Å²) in [6.45, 7) is 11.6. The smallest absolute Gasteiger partial charge is 0.407 e. The predicted molar refractivity (Wildman–Crippen MR) is 179 cm³/mol. The van der Waals surface area contributed by atoms with Crippen molar-refractivity contribution in [3.63, 3.8) is 0 Å². The molecule has 1 aromatic carbocycles. The van der Waals surface area contributed by atoms with Gasteiger partial charge in [0.1, 0.15) is 17.0 Å². The highest BCUT2D eigenvalue weighted by molar-refractivity contribution is 5.90. The van der Waals surface area contributed by atoms with E-state index in [1.54, 1.807) is 12.3 Å². The zero-order chi connectivity index (χ0) is 35.2. The standard InChI is InChI=1S/C33H48N8O7/c1-21(34-23-9-10-24(20-23)35-31(47)48-32(2,3)4)19-22-7-11-25(12-8-22)41-14-13-26(37-29(41)44)36-28(43)40-17-15-39(16-18-40)27(42)33(5,6)38-30(45)46/h7-8,11-14,21,23-24,34,38H,9-10,15-20H2,1-6H3,(H,35,47)(H,45,46)(H,36,37,43,44)/t21?,23-,24+/m0/s1. The minimum Gasteiger partial charge on any atom is -0.465 e. The number of carbonyl (C=O) groups excluding carboxylic acids is 3. The van der Waals surface area contributed by atoms with Gasteiger partial charge in [0.2, 0.25) is 5.91 Å². The number of benzene rings is 1. The van der Waals surface area contributed by atoms with Crippen LogP contribution in [0, 0.1) is 0 Å². The molecule has 1 saturated carbocycles. The van der Waals surface area contributed by atoms with E-state index in [4.69, 9.17) is 9.84 Å². The number of nitrogens with zero attached hydrogens (tertiary/aromatic N) is 4. The number of carbonyl (C=O) groups is 4. The van der Waals surface area contributed by atoms with Gasteiger partial charge in [0.15, 0.2) is 0 Å². The third-order valence-electron chi connectivity index (χ3n) is 8.28. The Morgan fingerprint density at radius 1 is 0.958 bits per heavy atom. The second-order valence-electron chi connectivity index (χ2n) is 14.0. The summed E-state index contributed by atoms with van der Waals surface area (Å²) in [6.07, 6.45) is 3.40. The van der Waals surface area contributed by atoms with Crippen molar-refractivity contribution in [3.8, 4) is 5.69 Å². The van der Waals surface area contributed by atoms with Crippen molar-refractivity contribution in [3.05, 3.63) is 52.6 Å². The fourth-order valence-electron chi connectivity index (χ4n) is 6.03. The Morgan fingerprint density at radius 3 is 2.19 bits per heavy atom. The van der Waals surface area contributed by atoms with E-state index < -0.39 is 29.0 Å². The lowest BCUT2D eigenvalue weighted by Crippen LogP contribution is -2.60. The summed E-state index contributed by atoms with van der Waals surface area (Å²) in [7, 11) is 0. The maximum Gasteiger partial charge on any atom is 0.407 e. The van der Waals surface area contributed by atoms with Gasteiger partial charge in [-0.15, -0.1) is 0 Å². The van der Waals surface area contributed by atoms with Gasteiger partial charge < -0.3 is 35.6 Å². The lowest BCUT2D eigenvalue weighted by atomic mass is 10.0. The number of anilines is 1. The molecular formula is C33H48N8O7. The molecule has 2 aliphatic rings. The third kappa shape index (κ3) is 10.2. The fraction of sp³-hybridized carbons (Fsp3) is 0.576. The lowest BCUT2D eigenvalue weighted by molar-refractivity contribution is -0.138. The van der Waals surface area contributed by atoms with Crippen LogP contribution in [0.5, 0.6) is 0 Å². The Bertz CT molecular complexity index is 1530. The van der Waals surface area contributed by atoms with E-state index in [-0.39, 0.29) is 56.1 Å². The molecule has 1 aromatic heterocycles. The first-order chi connectivity index (χ1) is 22.5. The van der Waals surface area contributed by atoms with E-state index in [2.05, 4.69) is 33.2 Å². The van der Waals surface area contributed by atoms with Crippen molar-refractivity contribution in [2.24, 2.45) is 0 Å². The molecule has 5 N–H and O–H groups in total. The second-order valence-corrected chi connectivity index (χ2v) is 14.0. The maximum atomic E-state index is 12.9. The van der Waals surface area contributed by atoms with Crippen LogP contribution in [0.15, 0.2) is 41.3 Å². The molecule has 15 nitrogen and oxygen atoms in total. The monoisotopic (exact) mass is 668 g/mol. The first-order valence-electron chi connectivity index (χ1n) is 16.3. The number of piperazine rings is 1. The maximum absolute atomic E-state index is 12.9. The minimum atomic E-state index is -1.29. The minimum absolute atomic E-state index is 0.0898. The van der Waals surface area contributed by atoms with Gasteiger partial charge in [-0.2, -0.15) is 4.98 Å². The van der Waals surface area contributed by atoms with E-state index in [1.807, 2.05) is 45.0 Å². The number of amides is 5.